The number of allylic oxidation sites excluding steroid dienone is 1. The van der Waals surface area contributed by atoms with Gasteiger partial charge in [-0.2, -0.15) is 0 Å². The molecule has 0 atom stereocenters. The molecule has 0 saturated carbocycles. The fraction of sp³-hybridized carbons (Fsp3) is 0.176. The Bertz CT molecular complexity index is 882. The molecule has 0 spiro atoms. The average molecular weight is 277 g/mol. The smallest absolute Gasteiger partial charge is 0.258 e. The van der Waals surface area contributed by atoms with Gasteiger partial charge in [-0.05, 0) is 38.0 Å². The number of nitrogens with one attached hydrogen (secondary N) is 1. The summed E-state index contributed by atoms with van der Waals surface area (Å²) in [5, 5.41) is 1.12. The lowest BCUT2D eigenvalue weighted by Crippen LogP contribution is -2.21. The first-order valence-electron chi connectivity index (χ1n) is 7.08. The molecule has 0 unspecified atom stereocenters. The number of H-pyrrole nitrogens is 1. The van der Waals surface area contributed by atoms with Crippen molar-refractivity contribution in [1.29, 1.82) is 0 Å². The summed E-state index contributed by atoms with van der Waals surface area (Å²) in [6, 6.07) is 10.1. The van der Waals surface area contributed by atoms with Crippen molar-refractivity contribution in [3.8, 4) is 0 Å². The number of benzene rings is 1. The highest BCUT2D eigenvalue weighted by atomic mass is 16.2. The van der Waals surface area contributed by atoms with E-state index in [1.54, 1.807) is 6.33 Å². The summed E-state index contributed by atoms with van der Waals surface area (Å²) < 4.78 is 1.84. The molecule has 0 aliphatic carbocycles. The van der Waals surface area contributed by atoms with Crippen LogP contribution in [0.5, 0.6) is 0 Å². The minimum Gasteiger partial charge on any atom is -0.348 e. The van der Waals surface area contributed by atoms with Gasteiger partial charge in [0.25, 0.3) is 5.91 Å². The molecule has 104 valence electrons. The van der Waals surface area contributed by atoms with Crippen LogP contribution < -0.4 is 0 Å². The van der Waals surface area contributed by atoms with Crippen LogP contribution in [-0.2, 0) is 6.42 Å². The Morgan fingerprint density at radius 2 is 2.14 bits per heavy atom. The molecule has 1 aliphatic heterocycles. The van der Waals surface area contributed by atoms with E-state index in [-0.39, 0.29) is 5.91 Å². The topological polar surface area (TPSA) is 50.7 Å². The van der Waals surface area contributed by atoms with E-state index in [4.69, 9.17) is 0 Å². The lowest BCUT2D eigenvalue weighted by molar-refractivity contribution is 0.0946. The molecule has 1 aromatic carbocycles. The number of imidazole rings is 1. The maximum Gasteiger partial charge on any atom is 0.258 e. The molecule has 0 bridgehead atoms. The summed E-state index contributed by atoms with van der Waals surface area (Å²) in [5.41, 5.74) is 4.73. The van der Waals surface area contributed by atoms with Crippen molar-refractivity contribution in [3.05, 3.63) is 59.3 Å². The molecule has 4 nitrogen and oxygen atoms in total. The minimum absolute atomic E-state index is 0.0693. The van der Waals surface area contributed by atoms with Crippen molar-refractivity contribution in [2.24, 2.45) is 0 Å². The van der Waals surface area contributed by atoms with E-state index < -0.39 is 0 Å². The van der Waals surface area contributed by atoms with E-state index in [9.17, 15) is 4.79 Å². The zero-order valence-corrected chi connectivity index (χ0v) is 11.8. The molecule has 4 rings (SSSR count). The molecule has 3 heterocycles. The first-order chi connectivity index (χ1) is 10.2. The summed E-state index contributed by atoms with van der Waals surface area (Å²) in [6.45, 7) is 1.96. The predicted molar refractivity (Wildman–Crippen MR) is 82.2 cm³/mol. The van der Waals surface area contributed by atoms with Crippen molar-refractivity contribution < 1.29 is 4.79 Å². The van der Waals surface area contributed by atoms with Crippen LogP contribution in [0, 0.1) is 6.92 Å². The van der Waals surface area contributed by atoms with Crippen LogP contribution in [0.3, 0.4) is 0 Å². The second kappa shape index (κ2) is 4.45. The SMILES string of the molecule is Cc1[nH]cnc1/C=C1\CCc2cc3ccccc3n2C1=O. The number of rotatable bonds is 1. The number of hydrogen-bond donors (Lipinski definition) is 1. The second-order valence-corrected chi connectivity index (χ2v) is 5.42. The third kappa shape index (κ3) is 1.83. The summed E-state index contributed by atoms with van der Waals surface area (Å²) >= 11 is 0. The quantitative estimate of drug-likeness (QED) is 0.693. The fourth-order valence-corrected chi connectivity index (χ4v) is 2.96. The van der Waals surface area contributed by atoms with Crippen LogP contribution in [0.2, 0.25) is 0 Å². The van der Waals surface area contributed by atoms with Crippen LogP contribution in [0.15, 0.2) is 42.2 Å². The van der Waals surface area contributed by atoms with Crippen LogP contribution in [-0.4, -0.2) is 20.4 Å². The number of hydrogen-bond acceptors (Lipinski definition) is 2. The van der Waals surface area contributed by atoms with Gasteiger partial charge in [-0.15, -0.1) is 0 Å². The zero-order chi connectivity index (χ0) is 14.4. The van der Waals surface area contributed by atoms with Gasteiger partial charge in [-0.1, -0.05) is 18.2 Å². The van der Waals surface area contributed by atoms with Gasteiger partial charge in [-0.3, -0.25) is 9.36 Å². The lowest BCUT2D eigenvalue weighted by Gasteiger charge is -2.17. The normalized spacial score (nSPS) is 16.6. The first-order valence-corrected chi connectivity index (χ1v) is 7.08. The van der Waals surface area contributed by atoms with E-state index in [2.05, 4.69) is 22.1 Å². The molecular weight excluding hydrogens is 262 g/mol. The molecule has 3 aromatic rings. The van der Waals surface area contributed by atoms with Crippen LogP contribution in [0.25, 0.3) is 17.0 Å². The second-order valence-electron chi connectivity index (χ2n) is 5.42. The molecule has 21 heavy (non-hydrogen) atoms. The van der Waals surface area contributed by atoms with E-state index in [1.165, 1.54) is 0 Å². The van der Waals surface area contributed by atoms with Crippen molar-refractivity contribution in [3.63, 3.8) is 0 Å². The van der Waals surface area contributed by atoms with Crippen molar-refractivity contribution in [2.45, 2.75) is 19.8 Å². The van der Waals surface area contributed by atoms with Crippen molar-refractivity contribution in [1.82, 2.24) is 14.5 Å². The Kier molecular flexibility index (Phi) is 2.57. The lowest BCUT2D eigenvalue weighted by atomic mass is 10.0. The Labute approximate surface area is 122 Å². The number of aromatic nitrogens is 3. The molecule has 0 fully saturated rings. The molecular formula is C17H15N3O. The van der Waals surface area contributed by atoms with E-state index in [0.29, 0.717) is 0 Å². The third-order valence-electron chi connectivity index (χ3n) is 4.10. The molecule has 2 aromatic heterocycles. The van der Waals surface area contributed by atoms with Gasteiger partial charge in [0.05, 0.1) is 17.5 Å². The van der Waals surface area contributed by atoms with Gasteiger partial charge >= 0.3 is 0 Å². The van der Waals surface area contributed by atoms with Gasteiger partial charge in [-0.25, -0.2) is 4.98 Å². The number of aryl methyl sites for hydroxylation is 2. The molecule has 0 saturated heterocycles. The summed E-state index contributed by atoms with van der Waals surface area (Å²) in [6.07, 6.45) is 5.22. The van der Waals surface area contributed by atoms with Crippen molar-refractivity contribution >= 4 is 22.9 Å². The largest absolute Gasteiger partial charge is 0.348 e. The summed E-state index contributed by atoms with van der Waals surface area (Å²) in [4.78, 5) is 20.1. The maximum atomic E-state index is 12.8. The van der Waals surface area contributed by atoms with E-state index in [1.807, 2.05) is 35.8 Å². The number of aromatic amines is 1. The van der Waals surface area contributed by atoms with Crippen LogP contribution in [0.4, 0.5) is 0 Å². The molecule has 0 radical (unpaired) electrons. The first kappa shape index (κ1) is 12.1. The number of carbonyl (C=O) groups excluding carboxylic acids is 1. The predicted octanol–water partition coefficient (Wildman–Crippen LogP) is 3.34. The molecule has 1 aliphatic rings. The average Bonchev–Trinajstić information content (AvgIpc) is 3.06. The number of nitrogens with zero attached hydrogens (tertiary/aromatic N) is 2. The van der Waals surface area contributed by atoms with Gasteiger partial charge in [0.15, 0.2) is 0 Å². The molecule has 0 amide bonds. The van der Waals surface area contributed by atoms with Gasteiger partial charge in [0, 0.05) is 22.3 Å². The maximum absolute atomic E-state index is 12.8. The minimum atomic E-state index is 0.0693. The van der Waals surface area contributed by atoms with Crippen LogP contribution >= 0.6 is 0 Å². The van der Waals surface area contributed by atoms with Crippen molar-refractivity contribution in [2.75, 3.05) is 0 Å². The van der Waals surface area contributed by atoms with Gasteiger partial charge in [0.2, 0.25) is 0 Å². The Morgan fingerprint density at radius 1 is 1.29 bits per heavy atom. The summed E-state index contributed by atoms with van der Waals surface area (Å²) in [5.74, 6) is 0.0693. The molecule has 4 heteroatoms. The van der Waals surface area contributed by atoms with Crippen LogP contribution in [0.1, 0.15) is 28.3 Å². The fourth-order valence-electron chi connectivity index (χ4n) is 2.96. The third-order valence-corrected chi connectivity index (χ3v) is 4.10. The standard InChI is InChI=1S/C17H15N3O/c1-11-15(19-10-18-11)9-13-6-7-14-8-12-4-2-3-5-16(12)20(14)17(13)21/h2-5,8-10H,6-7H2,1H3,(H,18,19)/b13-9+. The zero-order valence-electron chi connectivity index (χ0n) is 11.8. The van der Waals surface area contributed by atoms with E-state index >= 15 is 0 Å². The number of carbonyl (C=O) groups is 1. The molecule has 1 N–H and O–H groups in total. The van der Waals surface area contributed by atoms with E-state index in [0.717, 1.165) is 46.4 Å². The van der Waals surface area contributed by atoms with Gasteiger partial charge < -0.3 is 4.98 Å². The Balaban J connectivity index is 1.85. The Hall–Kier alpha value is -2.62. The highest BCUT2D eigenvalue weighted by Crippen LogP contribution is 2.28. The monoisotopic (exact) mass is 277 g/mol. The number of para-hydroxylation sites is 1. The van der Waals surface area contributed by atoms with Gasteiger partial charge in [0.1, 0.15) is 0 Å². The highest BCUT2D eigenvalue weighted by Gasteiger charge is 2.23. The highest BCUT2D eigenvalue weighted by molar-refractivity contribution is 6.06. The summed E-state index contributed by atoms with van der Waals surface area (Å²) in [7, 11) is 0. The Morgan fingerprint density at radius 3 is 2.95 bits per heavy atom. The number of fused-ring (bicyclic) bond motifs is 3.